The minimum atomic E-state index is -0.351. The van der Waals surface area contributed by atoms with Crippen LogP contribution in [0.4, 0.5) is 0 Å². The van der Waals surface area contributed by atoms with E-state index >= 15 is 0 Å². The third-order valence-electron chi connectivity index (χ3n) is 2.63. The number of nitrogens with zero attached hydrogens (tertiary/aromatic N) is 1. The molecule has 0 aromatic heterocycles. The van der Waals surface area contributed by atoms with Crippen molar-refractivity contribution in [2.24, 2.45) is 5.73 Å². The topological polar surface area (TPSA) is 72.6 Å². The molecule has 0 radical (unpaired) electrons. The van der Waals surface area contributed by atoms with Gasteiger partial charge in [-0.05, 0) is 19.4 Å². The monoisotopic (exact) mass is 256 g/mol. The molecule has 104 valence electrons. The Hall–Kier alpha value is -1.36. The quantitative estimate of drug-likeness (QED) is 0.495. The van der Waals surface area contributed by atoms with Gasteiger partial charge in [-0.3, -0.25) is 9.69 Å². The summed E-state index contributed by atoms with van der Waals surface area (Å²) in [5.41, 5.74) is 5.83. The number of hydrogen-bond acceptors (Lipinski definition) is 4. The lowest BCUT2D eigenvalue weighted by Crippen LogP contribution is -2.34. The molecule has 0 aliphatic carbocycles. The maximum Gasteiger partial charge on any atom is 0.333 e. The predicted molar refractivity (Wildman–Crippen MR) is 70.9 cm³/mol. The zero-order valence-corrected chi connectivity index (χ0v) is 11.6. The summed E-state index contributed by atoms with van der Waals surface area (Å²) < 4.78 is 4.68. The first-order valence-electron chi connectivity index (χ1n) is 6.33. The maximum absolute atomic E-state index is 11.4. The van der Waals surface area contributed by atoms with Gasteiger partial charge in [0.05, 0.1) is 13.7 Å². The highest BCUT2D eigenvalue weighted by molar-refractivity contribution is 5.88. The van der Waals surface area contributed by atoms with Crippen LogP contribution in [0.5, 0.6) is 0 Å². The fraction of sp³-hybridized carbons (Fsp3) is 0.692. The van der Waals surface area contributed by atoms with E-state index in [1.54, 1.807) is 0 Å². The zero-order chi connectivity index (χ0) is 14.0. The van der Waals surface area contributed by atoms with Crippen LogP contribution in [0.25, 0.3) is 0 Å². The summed E-state index contributed by atoms with van der Waals surface area (Å²) in [6.45, 7) is 5.54. The summed E-state index contributed by atoms with van der Waals surface area (Å²) in [4.78, 5) is 24.3. The second kappa shape index (κ2) is 9.65. The zero-order valence-electron chi connectivity index (χ0n) is 11.6. The number of unbranched alkanes of at least 4 members (excludes halogenated alkanes) is 1. The van der Waals surface area contributed by atoms with Gasteiger partial charge in [0.1, 0.15) is 0 Å². The maximum atomic E-state index is 11.4. The minimum Gasteiger partial charge on any atom is -0.466 e. The van der Waals surface area contributed by atoms with Gasteiger partial charge >= 0.3 is 5.97 Å². The van der Waals surface area contributed by atoms with Crippen molar-refractivity contribution in [3.8, 4) is 0 Å². The first kappa shape index (κ1) is 16.6. The van der Waals surface area contributed by atoms with Gasteiger partial charge < -0.3 is 10.5 Å². The molecule has 0 fully saturated rings. The third-order valence-corrected chi connectivity index (χ3v) is 2.63. The number of nitrogens with two attached hydrogens (primary N) is 1. The van der Waals surface area contributed by atoms with Crippen molar-refractivity contribution in [2.45, 2.75) is 33.1 Å². The third kappa shape index (κ3) is 7.06. The molecular weight excluding hydrogens is 232 g/mol. The van der Waals surface area contributed by atoms with Crippen LogP contribution >= 0.6 is 0 Å². The van der Waals surface area contributed by atoms with E-state index in [-0.39, 0.29) is 18.4 Å². The summed E-state index contributed by atoms with van der Waals surface area (Å²) in [7, 11) is 1.37. The molecule has 18 heavy (non-hydrogen) atoms. The van der Waals surface area contributed by atoms with Crippen molar-refractivity contribution in [3.63, 3.8) is 0 Å². The van der Waals surface area contributed by atoms with Crippen LogP contribution in [0.15, 0.2) is 11.6 Å². The molecule has 0 spiro atoms. The summed E-state index contributed by atoms with van der Waals surface area (Å²) >= 11 is 0. The van der Waals surface area contributed by atoms with E-state index in [4.69, 9.17) is 5.73 Å². The molecule has 0 unspecified atom stereocenters. The highest BCUT2D eigenvalue weighted by Gasteiger charge is 2.10. The van der Waals surface area contributed by atoms with Gasteiger partial charge in [-0.1, -0.05) is 26.3 Å². The van der Waals surface area contributed by atoms with Crippen molar-refractivity contribution >= 4 is 11.9 Å². The van der Waals surface area contributed by atoms with E-state index in [2.05, 4.69) is 11.7 Å². The Morgan fingerprint density at radius 2 is 2.00 bits per heavy atom. The molecule has 0 atom stereocenters. The van der Waals surface area contributed by atoms with E-state index in [9.17, 15) is 9.59 Å². The molecule has 2 N–H and O–H groups in total. The van der Waals surface area contributed by atoms with Crippen molar-refractivity contribution in [2.75, 3.05) is 26.7 Å². The second-order valence-corrected chi connectivity index (χ2v) is 4.13. The predicted octanol–water partition coefficient (Wildman–Crippen LogP) is 1.08. The molecule has 5 nitrogen and oxygen atoms in total. The summed E-state index contributed by atoms with van der Waals surface area (Å²) in [5.74, 6) is -0.664. The first-order valence-corrected chi connectivity index (χ1v) is 6.33. The standard InChI is InChI=1S/C13H24N2O3/c1-4-6-8-15(10-12(14)16)9-7-11(5-2)13(17)18-3/h7H,4-6,8-10H2,1-3H3,(H2,14,16). The molecule has 0 aromatic carbocycles. The number of primary amides is 1. The average Bonchev–Trinajstić information content (AvgIpc) is 2.35. The lowest BCUT2D eigenvalue weighted by atomic mass is 10.2. The van der Waals surface area contributed by atoms with E-state index in [1.807, 2.05) is 17.9 Å². The van der Waals surface area contributed by atoms with Crippen molar-refractivity contribution in [1.29, 1.82) is 0 Å². The Labute approximate surface area is 109 Å². The van der Waals surface area contributed by atoms with Gasteiger partial charge in [-0.15, -0.1) is 0 Å². The number of rotatable bonds is 9. The Balaban J connectivity index is 4.49. The van der Waals surface area contributed by atoms with E-state index < -0.39 is 0 Å². The molecule has 0 aromatic rings. The van der Waals surface area contributed by atoms with Crippen LogP contribution in [-0.4, -0.2) is 43.5 Å². The van der Waals surface area contributed by atoms with Gasteiger partial charge in [0.2, 0.25) is 5.91 Å². The van der Waals surface area contributed by atoms with Gasteiger partial charge in [-0.2, -0.15) is 0 Å². The van der Waals surface area contributed by atoms with Gasteiger partial charge in [0, 0.05) is 12.1 Å². The van der Waals surface area contributed by atoms with Crippen LogP contribution in [0.2, 0.25) is 0 Å². The largest absolute Gasteiger partial charge is 0.466 e. The number of methoxy groups -OCH3 is 1. The summed E-state index contributed by atoms with van der Waals surface area (Å²) in [6.07, 6.45) is 4.48. The smallest absolute Gasteiger partial charge is 0.333 e. The Morgan fingerprint density at radius 3 is 2.44 bits per heavy atom. The van der Waals surface area contributed by atoms with E-state index in [0.29, 0.717) is 18.5 Å². The number of amides is 1. The number of carbonyl (C=O) groups is 2. The van der Waals surface area contributed by atoms with Crippen molar-refractivity contribution < 1.29 is 14.3 Å². The normalized spacial score (nSPS) is 11.7. The lowest BCUT2D eigenvalue weighted by molar-refractivity contribution is -0.136. The fourth-order valence-corrected chi connectivity index (χ4v) is 1.58. The summed E-state index contributed by atoms with van der Waals surface area (Å²) in [6, 6.07) is 0. The van der Waals surface area contributed by atoms with Crippen molar-refractivity contribution in [3.05, 3.63) is 11.6 Å². The van der Waals surface area contributed by atoms with Gasteiger partial charge in [-0.25, -0.2) is 4.79 Å². The average molecular weight is 256 g/mol. The van der Waals surface area contributed by atoms with Gasteiger partial charge in [0.25, 0.3) is 0 Å². The van der Waals surface area contributed by atoms with Crippen LogP contribution in [0, 0.1) is 0 Å². The van der Waals surface area contributed by atoms with Crippen LogP contribution in [-0.2, 0) is 14.3 Å². The molecule has 0 aliphatic heterocycles. The molecule has 0 heterocycles. The molecule has 0 bridgehead atoms. The van der Waals surface area contributed by atoms with Crippen LogP contribution in [0.3, 0.4) is 0 Å². The number of esters is 1. The van der Waals surface area contributed by atoms with Crippen LogP contribution in [0.1, 0.15) is 33.1 Å². The van der Waals surface area contributed by atoms with E-state index in [0.717, 1.165) is 19.4 Å². The Bertz CT molecular complexity index is 301. The Morgan fingerprint density at radius 1 is 1.33 bits per heavy atom. The Kier molecular flexibility index (Phi) is 8.92. The highest BCUT2D eigenvalue weighted by Crippen LogP contribution is 2.04. The van der Waals surface area contributed by atoms with Crippen molar-refractivity contribution in [1.82, 2.24) is 4.90 Å². The molecule has 0 saturated heterocycles. The fourth-order valence-electron chi connectivity index (χ4n) is 1.58. The minimum absolute atomic E-state index is 0.217. The molecule has 1 amide bonds. The highest BCUT2D eigenvalue weighted by atomic mass is 16.5. The first-order chi connectivity index (χ1) is 8.54. The molecule has 5 heteroatoms. The molecule has 0 rings (SSSR count). The molecular formula is C13H24N2O3. The number of hydrogen-bond donors (Lipinski definition) is 1. The van der Waals surface area contributed by atoms with Gasteiger partial charge in [0.15, 0.2) is 0 Å². The van der Waals surface area contributed by atoms with Crippen LogP contribution < -0.4 is 5.73 Å². The number of carbonyl (C=O) groups excluding carboxylic acids is 2. The molecule has 0 aliphatic rings. The number of ether oxygens (including phenoxy) is 1. The lowest BCUT2D eigenvalue weighted by Gasteiger charge is -2.18. The summed E-state index contributed by atoms with van der Waals surface area (Å²) in [5, 5.41) is 0. The second-order valence-electron chi connectivity index (χ2n) is 4.13. The van der Waals surface area contributed by atoms with E-state index in [1.165, 1.54) is 7.11 Å². The SMILES string of the molecule is CCCCN(CC=C(CC)C(=O)OC)CC(N)=O. The molecule has 0 saturated carbocycles.